The van der Waals surface area contributed by atoms with Crippen LogP contribution in [0.4, 0.5) is 5.69 Å². The Morgan fingerprint density at radius 1 is 1.27 bits per heavy atom. The van der Waals surface area contributed by atoms with Gasteiger partial charge in [-0.1, -0.05) is 0 Å². The predicted molar refractivity (Wildman–Crippen MR) is 80.8 cm³/mol. The topological polar surface area (TPSA) is 79.6 Å². The fraction of sp³-hybridized carbons (Fsp3) is 0.267. The van der Waals surface area contributed by atoms with Gasteiger partial charge in [-0.25, -0.2) is 8.42 Å². The van der Waals surface area contributed by atoms with Gasteiger partial charge in [-0.05, 0) is 42.3 Å². The van der Waals surface area contributed by atoms with Crippen LogP contribution in [-0.2, 0) is 27.8 Å². The van der Waals surface area contributed by atoms with Crippen LogP contribution in [0.1, 0.15) is 17.7 Å². The molecule has 0 saturated carbocycles. The molecule has 2 heterocycles. The first-order valence-corrected chi connectivity index (χ1v) is 8.32. The average molecular weight is 320 g/mol. The predicted octanol–water partition coefficient (Wildman–Crippen LogP) is 1.98. The lowest BCUT2D eigenvalue weighted by molar-refractivity contribution is -0.116. The molecule has 1 aliphatic rings. The number of nitrogens with one attached hydrogen (secondary N) is 1. The van der Waals surface area contributed by atoms with Crippen LogP contribution in [0.15, 0.2) is 45.9 Å². The molecule has 3 rings (SSSR count). The highest BCUT2D eigenvalue weighted by Crippen LogP contribution is 2.27. The standard InChI is InChI=1S/C15H16N2O4S/c1-17(10-12-3-2-8-21-12)22(19,20)13-5-6-14-11(9-13)4-7-15(18)16-14/h2-3,5-6,8-9H,4,7,10H2,1H3,(H,16,18). The Balaban J connectivity index is 1.87. The minimum atomic E-state index is -3.60. The van der Waals surface area contributed by atoms with E-state index in [-0.39, 0.29) is 17.3 Å². The average Bonchev–Trinajstić information content (AvgIpc) is 2.99. The van der Waals surface area contributed by atoms with Crippen molar-refractivity contribution in [1.29, 1.82) is 0 Å². The van der Waals surface area contributed by atoms with E-state index in [1.54, 1.807) is 24.3 Å². The van der Waals surface area contributed by atoms with Crippen LogP contribution in [0.25, 0.3) is 0 Å². The lowest BCUT2D eigenvalue weighted by Gasteiger charge is -2.20. The first kappa shape index (κ1) is 14.8. The van der Waals surface area contributed by atoms with Crippen molar-refractivity contribution in [3.8, 4) is 0 Å². The molecular formula is C15H16N2O4S. The normalized spacial score (nSPS) is 14.7. The lowest BCUT2D eigenvalue weighted by atomic mass is 10.0. The van der Waals surface area contributed by atoms with Crippen molar-refractivity contribution >= 4 is 21.6 Å². The number of carbonyl (C=O) groups is 1. The number of rotatable bonds is 4. The first-order chi connectivity index (χ1) is 10.5. The molecule has 6 nitrogen and oxygen atoms in total. The quantitative estimate of drug-likeness (QED) is 0.934. The number of hydrogen-bond donors (Lipinski definition) is 1. The fourth-order valence-corrected chi connectivity index (χ4v) is 3.60. The SMILES string of the molecule is CN(Cc1ccco1)S(=O)(=O)c1ccc2c(c1)CCC(=O)N2. The number of hydrogen-bond acceptors (Lipinski definition) is 4. The molecule has 0 radical (unpaired) electrons. The van der Waals surface area contributed by atoms with Gasteiger partial charge in [0.25, 0.3) is 0 Å². The van der Waals surface area contributed by atoms with Crippen molar-refractivity contribution in [2.75, 3.05) is 12.4 Å². The second kappa shape index (κ2) is 5.58. The third-order valence-electron chi connectivity index (χ3n) is 3.64. The zero-order valence-electron chi connectivity index (χ0n) is 12.1. The van der Waals surface area contributed by atoms with Crippen LogP contribution < -0.4 is 5.32 Å². The van der Waals surface area contributed by atoms with Gasteiger partial charge < -0.3 is 9.73 Å². The highest BCUT2D eigenvalue weighted by molar-refractivity contribution is 7.89. The van der Waals surface area contributed by atoms with Crippen LogP contribution in [0.5, 0.6) is 0 Å². The zero-order chi connectivity index (χ0) is 15.7. The third kappa shape index (κ3) is 2.77. The Bertz CT molecular complexity index is 797. The molecule has 7 heteroatoms. The summed E-state index contributed by atoms with van der Waals surface area (Å²) in [5.41, 5.74) is 1.52. The summed E-state index contributed by atoms with van der Waals surface area (Å²) in [6, 6.07) is 8.23. The van der Waals surface area contributed by atoms with Crippen LogP contribution in [0.2, 0.25) is 0 Å². The summed E-state index contributed by atoms with van der Waals surface area (Å²) in [4.78, 5) is 11.6. The molecule has 1 amide bonds. The van der Waals surface area contributed by atoms with Gasteiger partial charge in [0.2, 0.25) is 15.9 Å². The molecule has 1 aliphatic heterocycles. The molecule has 2 aromatic rings. The maximum absolute atomic E-state index is 12.6. The van der Waals surface area contributed by atoms with E-state index in [1.165, 1.54) is 23.7 Å². The summed E-state index contributed by atoms with van der Waals surface area (Å²) in [7, 11) is -2.09. The first-order valence-electron chi connectivity index (χ1n) is 6.88. The maximum Gasteiger partial charge on any atom is 0.243 e. The van der Waals surface area contributed by atoms with Crippen molar-refractivity contribution in [1.82, 2.24) is 4.31 Å². The van der Waals surface area contributed by atoms with E-state index in [4.69, 9.17) is 4.42 Å². The fourth-order valence-electron chi connectivity index (χ4n) is 2.41. The van der Waals surface area contributed by atoms with E-state index < -0.39 is 10.0 Å². The van der Waals surface area contributed by atoms with Crippen molar-refractivity contribution in [2.24, 2.45) is 0 Å². The summed E-state index contributed by atoms with van der Waals surface area (Å²) in [6.45, 7) is 0.170. The number of aryl methyl sites for hydroxylation is 1. The molecule has 0 bridgehead atoms. The number of furan rings is 1. The maximum atomic E-state index is 12.6. The van der Waals surface area contributed by atoms with Crippen molar-refractivity contribution in [3.05, 3.63) is 47.9 Å². The highest BCUT2D eigenvalue weighted by atomic mass is 32.2. The summed E-state index contributed by atoms with van der Waals surface area (Å²) in [5.74, 6) is 0.536. The Kier molecular flexibility index (Phi) is 3.76. The van der Waals surface area contributed by atoms with Crippen molar-refractivity contribution in [2.45, 2.75) is 24.3 Å². The Morgan fingerprint density at radius 2 is 2.09 bits per heavy atom. The lowest BCUT2D eigenvalue weighted by Crippen LogP contribution is -2.27. The summed E-state index contributed by atoms with van der Waals surface area (Å²) < 4.78 is 31.6. The minimum Gasteiger partial charge on any atom is -0.468 e. The zero-order valence-corrected chi connectivity index (χ0v) is 12.9. The number of amides is 1. The molecular weight excluding hydrogens is 304 g/mol. The molecule has 1 N–H and O–H groups in total. The number of sulfonamides is 1. The van der Waals surface area contributed by atoms with Crippen LogP contribution in [-0.4, -0.2) is 25.7 Å². The van der Waals surface area contributed by atoms with E-state index in [0.717, 1.165) is 5.56 Å². The van der Waals surface area contributed by atoms with Gasteiger partial charge in [0.1, 0.15) is 5.76 Å². The van der Waals surface area contributed by atoms with Crippen LogP contribution in [0, 0.1) is 0 Å². The molecule has 0 atom stereocenters. The molecule has 0 spiro atoms. The third-order valence-corrected chi connectivity index (χ3v) is 5.44. The Hall–Kier alpha value is -2.12. The largest absolute Gasteiger partial charge is 0.468 e. The van der Waals surface area contributed by atoms with Gasteiger partial charge in [0.15, 0.2) is 0 Å². The van der Waals surface area contributed by atoms with Crippen LogP contribution in [0.3, 0.4) is 0 Å². The summed E-state index contributed by atoms with van der Waals surface area (Å²) in [5, 5.41) is 2.74. The Morgan fingerprint density at radius 3 is 2.82 bits per heavy atom. The number of fused-ring (bicyclic) bond motifs is 1. The van der Waals surface area contributed by atoms with Gasteiger partial charge in [-0.2, -0.15) is 4.31 Å². The van der Waals surface area contributed by atoms with Crippen LogP contribution >= 0.6 is 0 Å². The number of nitrogens with zero attached hydrogens (tertiary/aromatic N) is 1. The number of benzene rings is 1. The van der Waals surface area contributed by atoms with Gasteiger partial charge >= 0.3 is 0 Å². The molecule has 1 aromatic heterocycles. The van der Waals surface area contributed by atoms with Gasteiger partial charge in [-0.3, -0.25) is 4.79 Å². The minimum absolute atomic E-state index is 0.0435. The van der Waals surface area contributed by atoms with Crippen molar-refractivity contribution in [3.63, 3.8) is 0 Å². The smallest absolute Gasteiger partial charge is 0.243 e. The van der Waals surface area contributed by atoms with Gasteiger partial charge in [0.05, 0.1) is 17.7 Å². The molecule has 116 valence electrons. The second-order valence-electron chi connectivity index (χ2n) is 5.21. The molecule has 22 heavy (non-hydrogen) atoms. The molecule has 0 fully saturated rings. The molecule has 0 unspecified atom stereocenters. The highest BCUT2D eigenvalue weighted by Gasteiger charge is 2.24. The van der Waals surface area contributed by atoms with E-state index in [0.29, 0.717) is 24.3 Å². The monoisotopic (exact) mass is 320 g/mol. The van der Waals surface area contributed by atoms with Crippen molar-refractivity contribution < 1.29 is 17.6 Å². The van der Waals surface area contributed by atoms with Gasteiger partial charge in [0, 0.05) is 19.2 Å². The Labute approximate surface area is 128 Å². The molecule has 1 aromatic carbocycles. The van der Waals surface area contributed by atoms with E-state index in [1.807, 2.05) is 0 Å². The number of anilines is 1. The van der Waals surface area contributed by atoms with E-state index >= 15 is 0 Å². The molecule has 0 aliphatic carbocycles. The number of carbonyl (C=O) groups excluding carboxylic acids is 1. The summed E-state index contributed by atoms with van der Waals surface area (Å²) >= 11 is 0. The second-order valence-corrected chi connectivity index (χ2v) is 7.25. The van der Waals surface area contributed by atoms with Gasteiger partial charge in [-0.15, -0.1) is 0 Å². The summed E-state index contributed by atoms with van der Waals surface area (Å²) in [6.07, 6.45) is 2.43. The van der Waals surface area contributed by atoms with E-state index in [2.05, 4.69) is 5.32 Å². The van der Waals surface area contributed by atoms with E-state index in [9.17, 15) is 13.2 Å². The molecule has 0 saturated heterocycles.